The summed E-state index contributed by atoms with van der Waals surface area (Å²) in [5, 5.41) is 0. The molecule has 0 N–H and O–H groups in total. The maximum atomic E-state index is 12.5. The number of methoxy groups -OCH3 is 1. The van der Waals surface area contributed by atoms with Crippen LogP contribution in [-0.2, 0) is 11.3 Å². The van der Waals surface area contributed by atoms with Crippen molar-refractivity contribution in [1.29, 1.82) is 0 Å². The Balaban J connectivity index is 1.62. The first kappa shape index (κ1) is 17.8. The smallest absolute Gasteiger partial charge is 0.253 e. The molecule has 26 heavy (non-hydrogen) atoms. The standard InChI is InChI=1S/C17H22N6O3/c1-12-8-16(24)23(11-18-12)10-17(25)22-6-4-21(5-7-22)14-9-15(26-3)20-13(2)19-14/h8-9,11H,4-7,10H2,1-3H3. The van der Waals surface area contributed by atoms with E-state index in [9.17, 15) is 9.59 Å². The second kappa shape index (κ2) is 7.51. The van der Waals surface area contributed by atoms with Crippen LogP contribution in [-0.4, -0.2) is 63.6 Å². The molecule has 0 bridgehead atoms. The van der Waals surface area contributed by atoms with Crippen molar-refractivity contribution in [1.82, 2.24) is 24.4 Å². The molecule has 9 heteroatoms. The van der Waals surface area contributed by atoms with Crippen LogP contribution in [0.4, 0.5) is 5.82 Å². The Morgan fingerprint density at radius 1 is 1.15 bits per heavy atom. The number of aromatic nitrogens is 4. The maximum absolute atomic E-state index is 12.5. The van der Waals surface area contributed by atoms with Gasteiger partial charge in [0.2, 0.25) is 11.8 Å². The molecule has 1 aliphatic rings. The summed E-state index contributed by atoms with van der Waals surface area (Å²) in [4.78, 5) is 40.9. The zero-order valence-electron chi connectivity index (χ0n) is 15.2. The highest BCUT2D eigenvalue weighted by Gasteiger charge is 2.23. The minimum Gasteiger partial charge on any atom is -0.481 e. The van der Waals surface area contributed by atoms with Crippen LogP contribution in [0.15, 0.2) is 23.3 Å². The van der Waals surface area contributed by atoms with Crippen LogP contribution in [0.5, 0.6) is 5.88 Å². The Kier molecular flexibility index (Phi) is 5.15. The molecule has 1 aliphatic heterocycles. The Morgan fingerprint density at radius 2 is 1.88 bits per heavy atom. The minimum atomic E-state index is -0.215. The summed E-state index contributed by atoms with van der Waals surface area (Å²) in [6.07, 6.45) is 1.42. The fourth-order valence-corrected chi connectivity index (χ4v) is 2.86. The van der Waals surface area contributed by atoms with Gasteiger partial charge in [-0.3, -0.25) is 14.2 Å². The molecule has 0 saturated carbocycles. The van der Waals surface area contributed by atoms with Crippen LogP contribution in [0, 0.1) is 13.8 Å². The molecule has 1 amide bonds. The van der Waals surface area contributed by atoms with E-state index in [0.29, 0.717) is 43.6 Å². The molecule has 3 rings (SSSR count). The zero-order chi connectivity index (χ0) is 18.7. The highest BCUT2D eigenvalue weighted by Crippen LogP contribution is 2.18. The summed E-state index contributed by atoms with van der Waals surface area (Å²) in [5.74, 6) is 1.87. The molecular weight excluding hydrogens is 336 g/mol. The van der Waals surface area contributed by atoms with Gasteiger partial charge in [0, 0.05) is 44.0 Å². The first-order chi connectivity index (χ1) is 12.5. The number of amides is 1. The lowest BCUT2D eigenvalue weighted by atomic mass is 10.3. The molecule has 2 aromatic heterocycles. The van der Waals surface area contributed by atoms with Gasteiger partial charge in [0.25, 0.3) is 5.56 Å². The third-order valence-corrected chi connectivity index (χ3v) is 4.29. The van der Waals surface area contributed by atoms with Gasteiger partial charge in [-0.05, 0) is 13.8 Å². The van der Waals surface area contributed by atoms with Gasteiger partial charge in [-0.2, -0.15) is 4.98 Å². The molecular formula is C17H22N6O3. The van der Waals surface area contributed by atoms with E-state index >= 15 is 0 Å². The quantitative estimate of drug-likeness (QED) is 0.760. The molecule has 0 aromatic carbocycles. The molecule has 9 nitrogen and oxygen atoms in total. The van der Waals surface area contributed by atoms with E-state index in [1.165, 1.54) is 17.0 Å². The topological polar surface area (TPSA) is 93.5 Å². The fourth-order valence-electron chi connectivity index (χ4n) is 2.86. The van der Waals surface area contributed by atoms with Gasteiger partial charge in [0.15, 0.2) is 0 Å². The van der Waals surface area contributed by atoms with E-state index in [1.54, 1.807) is 25.0 Å². The molecule has 3 heterocycles. The molecule has 1 saturated heterocycles. The average Bonchev–Trinajstić information content (AvgIpc) is 2.63. The highest BCUT2D eigenvalue weighted by atomic mass is 16.5. The van der Waals surface area contributed by atoms with Crippen molar-refractivity contribution in [3.8, 4) is 5.88 Å². The summed E-state index contributed by atoms with van der Waals surface area (Å²) in [6.45, 7) is 6.03. The molecule has 0 atom stereocenters. The molecule has 2 aromatic rings. The van der Waals surface area contributed by atoms with Gasteiger partial charge >= 0.3 is 0 Å². The van der Waals surface area contributed by atoms with Gasteiger partial charge in [0.05, 0.1) is 13.4 Å². The van der Waals surface area contributed by atoms with Crippen molar-refractivity contribution in [3.05, 3.63) is 40.3 Å². The van der Waals surface area contributed by atoms with Crippen LogP contribution in [0.1, 0.15) is 11.5 Å². The fraction of sp³-hybridized carbons (Fsp3) is 0.471. The summed E-state index contributed by atoms with van der Waals surface area (Å²) < 4.78 is 6.52. The molecule has 0 aliphatic carbocycles. The number of nitrogens with zero attached hydrogens (tertiary/aromatic N) is 6. The summed E-state index contributed by atoms with van der Waals surface area (Å²) in [6, 6.07) is 3.22. The maximum Gasteiger partial charge on any atom is 0.253 e. The van der Waals surface area contributed by atoms with Crippen molar-refractivity contribution >= 4 is 11.7 Å². The summed E-state index contributed by atoms with van der Waals surface area (Å²) in [7, 11) is 1.57. The molecule has 1 fully saturated rings. The van der Waals surface area contributed by atoms with Gasteiger partial charge in [-0.25, -0.2) is 9.97 Å². The Hall–Kier alpha value is -2.97. The second-order valence-electron chi connectivity index (χ2n) is 6.18. The van der Waals surface area contributed by atoms with E-state index in [1.807, 2.05) is 6.92 Å². The van der Waals surface area contributed by atoms with E-state index in [-0.39, 0.29) is 18.0 Å². The number of ether oxygens (including phenoxy) is 1. The van der Waals surface area contributed by atoms with E-state index < -0.39 is 0 Å². The van der Waals surface area contributed by atoms with Crippen LogP contribution < -0.4 is 15.2 Å². The van der Waals surface area contributed by atoms with Crippen molar-refractivity contribution in [3.63, 3.8) is 0 Å². The normalized spacial score (nSPS) is 14.4. The third kappa shape index (κ3) is 3.98. The SMILES string of the molecule is COc1cc(N2CCN(C(=O)Cn3cnc(C)cc3=O)CC2)nc(C)n1. The van der Waals surface area contributed by atoms with Crippen LogP contribution in [0.25, 0.3) is 0 Å². The van der Waals surface area contributed by atoms with Crippen molar-refractivity contribution < 1.29 is 9.53 Å². The summed E-state index contributed by atoms with van der Waals surface area (Å²) in [5.41, 5.74) is 0.427. The largest absolute Gasteiger partial charge is 0.481 e. The van der Waals surface area contributed by atoms with Gasteiger partial charge < -0.3 is 14.5 Å². The first-order valence-electron chi connectivity index (χ1n) is 8.42. The van der Waals surface area contributed by atoms with Gasteiger partial charge in [-0.1, -0.05) is 0 Å². The Morgan fingerprint density at radius 3 is 2.54 bits per heavy atom. The lowest BCUT2D eigenvalue weighted by molar-refractivity contribution is -0.132. The first-order valence-corrected chi connectivity index (χ1v) is 8.42. The second-order valence-corrected chi connectivity index (χ2v) is 6.18. The molecule has 0 spiro atoms. The lowest BCUT2D eigenvalue weighted by Gasteiger charge is -2.35. The average molecular weight is 358 g/mol. The number of carbonyl (C=O) groups excluding carboxylic acids is 1. The van der Waals surface area contributed by atoms with Crippen molar-refractivity contribution in [2.45, 2.75) is 20.4 Å². The van der Waals surface area contributed by atoms with Gasteiger partial charge in [0.1, 0.15) is 18.2 Å². The number of aryl methyl sites for hydroxylation is 2. The molecule has 0 unspecified atom stereocenters. The van der Waals surface area contributed by atoms with Crippen molar-refractivity contribution in [2.24, 2.45) is 0 Å². The number of piperazine rings is 1. The number of carbonyl (C=O) groups is 1. The lowest BCUT2D eigenvalue weighted by Crippen LogP contribution is -2.50. The minimum absolute atomic E-state index is 0.00650. The van der Waals surface area contributed by atoms with E-state index in [4.69, 9.17) is 4.74 Å². The van der Waals surface area contributed by atoms with Crippen LogP contribution in [0.2, 0.25) is 0 Å². The van der Waals surface area contributed by atoms with Crippen molar-refractivity contribution in [2.75, 3.05) is 38.2 Å². The number of rotatable bonds is 4. The number of hydrogen-bond donors (Lipinski definition) is 0. The predicted octanol–water partition coefficient (Wildman–Crippen LogP) is 0.00754. The van der Waals surface area contributed by atoms with Gasteiger partial charge in [-0.15, -0.1) is 0 Å². The van der Waals surface area contributed by atoms with Crippen LogP contribution >= 0.6 is 0 Å². The van der Waals surface area contributed by atoms with E-state index in [2.05, 4.69) is 19.9 Å². The Labute approximate surface area is 151 Å². The Bertz CT molecular complexity index is 858. The monoisotopic (exact) mass is 358 g/mol. The predicted molar refractivity (Wildman–Crippen MR) is 95.3 cm³/mol. The number of anilines is 1. The highest BCUT2D eigenvalue weighted by molar-refractivity contribution is 5.76. The molecule has 0 radical (unpaired) electrons. The van der Waals surface area contributed by atoms with Crippen LogP contribution in [0.3, 0.4) is 0 Å². The summed E-state index contributed by atoms with van der Waals surface area (Å²) >= 11 is 0. The third-order valence-electron chi connectivity index (χ3n) is 4.29. The zero-order valence-corrected chi connectivity index (χ0v) is 15.2. The number of hydrogen-bond acceptors (Lipinski definition) is 7. The van der Waals surface area contributed by atoms with E-state index in [0.717, 1.165) is 5.82 Å². The molecule has 138 valence electrons.